The molecule has 4 rings (SSSR count). The maximum Gasteiger partial charge on any atom is 0.252 e. The van der Waals surface area contributed by atoms with Crippen molar-refractivity contribution in [3.8, 4) is 11.5 Å². The molecule has 1 saturated heterocycles. The number of amides is 1. The van der Waals surface area contributed by atoms with E-state index in [1.165, 1.54) is 27.0 Å². The van der Waals surface area contributed by atoms with Crippen LogP contribution < -0.4 is 14.3 Å². The Kier molecular flexibility index (Phi) is 6.20. The largest absolute Gasteiger partial charge is 0.493 e. The van der Waals surface area contributed by atoms with E-state index in [1.807, 2.05) is 23.7 Å². The molecule has 3 heterocycles. The number of piperidine rings is 1. The third kappa shape index (κ3) is 4.14. The van der Waals surface area contributed by atoms with Crippen molar-refractivity contribution in [1.29, 1.82) is 0 Å². The first-order chi connectivity index (χ1) is 14.8. The third-order valence-electron chi connectivity index (χ3n) is 5.41. The van der Waals surface area contributed by atoms with E-state index in [4.69, 9.17) is 9.47 Å². The maximum atomic E-state index is 12.8. The van der Waals surface area contributed by atoms with E-state index in [2.05, 4.69) is 4.99 Å². The molecule has 0 unspecified atom stereocenters. The molecular formula is C20H23N3O5S3. The van der Waals surface area contributed by atoms with Gasteiger partial charge in [-0.1, -0.05) is 17.4 Å². The highest BCUT2D eigenvalue weighted by Crippen LogP contribution is 2.33. The van der Waals surface area contributed by atoms with Gasteiger partial charge in [0.15, 0.2) is 16.3 Å². The SMILES string of the molecule is COc1cc2sc(=NC(=O)C3CCN(S(=O)(=O)c4cccs4)CC3)n(C)c2cc1OC. The fourth-order valence-corrected chi connectivity index (χ4v) is 7.28. The number of thiophene rings is 1. The summed E-state index contributed by atoms with van der Waals surface area (Å²) in [6.45, 7) is 0.637. The van der Waals surface area contributed by atoms with E-state index in [1.54, 1.807) is 31.7 Å². The summed E-state index contributed by atoms with van der Waals surface area (Å²) < 4.78 is 40.6. The van der Waals surface area contributed by atoms with Gasteiger partial charge in [0.2, 0.25) is 0 Å². The number of sulfonamides is 1. The first kappa shape index (κ1) is 22.0. The highest BCUT2D eigenvalue weighted by molar-refractivity contribution is 7.91. The molecule has 2 aromatic heterocycles. The summed E-state index contributed by atoms with van der Waals surface area (Å²) in [6.07, 6.45) is 0.923. The lowest BCUT2D eigenvalue weighted by Crippen LogP contribution is -2.40. The van der Waals surface area contributed by atoms with E-state index in [0.717, 1.165) is 10.2 Å². The van der Waals surface area contributed by atoms with Gasteiger partial charge in [0.25, 0.3) is 15.9 Å². The summed E-state index contributed by atoms with van der Waals surface area (Å²) in [5.41, 5.74) is 0.895. The molecule has 31 heavy (non-hydrogen) atoms. The minimum Gasteiger partial charge on any atom is -0.493 e. The second-order valence-electron chi connectivity index (χ2n) is 7.18. The first-order valence-electron chi connectivity index (χ1n) is 9.69. The molecule has 0 aliphatic carbocycles. The average molecular weight is 482 g/mol. The van der Waals surface area contributed by atoms with Gasteiger partial charge in [-0.15, -0.1) is 11.3 Å². The Morgan fingerprint density at radius 2 is 1.84 bits per heavy atom. The lowest BCUT2D eigenvalue weighted by molar-refractivity contribution is -0.122. The first-order valence-corrected chi connectivity index (χ1v) is 12.8. The average Bonchev–Trinajstić information content (AvgIpc) is 3.42. The third-order valence-corrected chi connectivity index (χ3v) is 9.78. The summed E-state index contributed by atoms with van der Waals surface area (Å²) in [7, 11) is 1.53. The van der Waals surface area contributed by atoms with Gasteiger partial charge in [-0.05, 0) is 24.3 Å². The minimum atomic E-state index is -3.48. The van der Waals surface area contributed by atoms with Crippen LogP contribution in [-0.2, 0) is 21.9 Å². The number of carbonyl (C=O) groups is 1. The Balaban J connectivity index is 1.53. The zero-order chi connectivity index (χ0) is 22.2. The molecule has 166 valence electrons. The molecule has 11 heteroatoms. The highest BCUT2D eigenvalue weighted by atomic mass is 32.2. The highest BCUT2D eigenvalue weighted by Gasteiger charge is 2.32. The van der Waals surface area contributed by atoms with Crippen molar-refractivity contribution in [1.82, 2.24) is 8.87 Å². The van der Waals surface area contributed by atoms with Gasteiger partial charge in [0.1, 0.15) is 4.21 Å². The predicted octanol–water partition coefficient (Wildman–Crippen LogP) is 2.85. The summed E-state index contributed by atoms with van der Waals surface area (Å²) in [5.74, 6) is 0.730. The number of carbonyl (C=O) groups excluding carboxylic acids is 1. The molecule has 3 aromatic rings. The number of hydrogen-bond donors (Lipinski definition) is 0. The molecule has 0 N–H and O–H groups in total. The van der Waals surface area contributed by atoms with Crippen LogP contribution in [0, 0.1) is 5.92 Å². The molecule has 1 aromatic carbocycles. The molecule has 0 atom stereocenters. The Hall–Kier alpha value is -2.21. The van der Waals surface area contributed by atoms with E-state index >= 15 is 0 Å². The van der Waals surface area contributed by atoms with Crippen molar-refractivity contribution in [3.63, 3.8) is 0 Å². The number of benzene rings is 1. The molecule has 0 spiro atoms. The summed E-state index contributed by atoms with van der Waals surface area (Å²) in [6, 6.07) is 7.07. The van der Waals surface area contributed by atoms with Crippen LogP contribution in [0.25, 0.3) is 10.2 Å². The van der Waals surface area contributed by atoms with Gasteiger partial charge in [0.05, 0.1) is 24.4 Å². The number of methoxy groups -OCH3 is 2. The monoisotopic (exact) mass is 481 g/mol. The molecule has 1 fully saturated rings. The Morgan fingerprint density at radius 1 is 1.16 bits per heavy atom. The molecule has 1 aliphatic heterocycles. The summed E-state index contributed by atoms with van der Waals surface area (Å²) in [4.78, 5) is 17.8. The standard InChI is InChI=1S/C20H23N3O5S3/c1-22-14-11-15(27-2)16(28-3)12-17(14)30-20(22)21-19(24)13-6-8-23(9-7-13)31(25,26)18-5-4-10-29-18/h4-5,10-13H,6-9H2,1-3H3. The molecule has 0 radical (unpaired) electrons. The molecule has 0 bridgehead atoms. The molecule has 8 nitrogen and oxygen atoms in total. The minimum absolute atomic E-state index is 0.214. The number of thiazole rings is 1. The smallest absolute Gasteiger partial charge is 0.252 e. The second-order valence-corrected chi connectivity index (χ2v) is 11.3. The van der Waals surface area contributed by atoms with Crippen molar-refractivity contribution in [2.45, 2.75) is 17.1 Å². The van der Waals surface area contributed by atoms with Crippen LogP contribution >= 0.6 is 22.7 Å². The van der Waals surface area contributed by atoms with Crippen LogP contribution in [0.2, 0.25) is 0 Å². The Bertz CT molecular complexity index is 1270. The van der Waals surface area contributed by atoms with E-state index in [0.29, 0.717) is 46.4 Å². The zero-order valence-corrected chi connectivity index (χ0v) is 19.8. The van der Waals surface area contributed by atoms with Crippen molar-refractivity contribution >= 4 is 48.8 Å². The maximum absolute atomic E-state index is 12.8. The lowest BCUT2D eigenvalue weighted by atomic mass is 9.98. The molecule has 1 amide bonds. The number of ether oxygens (including phenoxy) is 2. The van der Waals surface area contributed by atoms with Crippen molar-refractivity contribution < 1.29 is 22.7 Å². The fraction of sp³-hybridized carbons (Fsp3) is 0.400. The van der Waals surface area contributed by atoms with Crippen LogP contribution in [0.3, 0.4) is 0 Å². The number of nitrogens with zero attached hydrogens (tertiary/aromatic N) is 3. The lowest BCUT2D eigenvalue weighted by Gasteiger charge is -2.29. The van der Waals surface area contributed by atoms with Crippen LogP contribution in [0.5, 0.6) is 11.5 Å². The Labute approximate surface area is 188 Å². The summed E-state index contributed by atoms with van der Waals surface area (Å²) in [5, 5.41) is 1.75. The van der Waals surface area contributed by atoms with Gasteiger partial charge in [-0.25, -0.2) is 8.42 Å². The number of aryl methyl sites for hydroxylation is 1. The topological polar surface area (TPSA) is 90.2 Å². The van der Waals surface area contributed by atoms with Crippen LogP contribution in [0.15, 0.2) is 38.8 Å². The predicted molar refractivity (Wildman–Crippen MR) is 120 cm³/mol. The van der Waals surface area contributed by atoms with E-state index in [9.17, 15) is 13.2 Å². The van der Waals surface area contributed by atoms with Gasteiger partial charge < -0.3 is 14.0 Å². The summed E-state index contributed by atoms with van der Waals surface area (Å²) >= 11 is 2.61. The second kappa shape index (κ2) is 8.73. The van der Waals surface area contributed by atoms with Crippen LogP contribution in [0.1, 0.15) is 12.8 Å². The van der Waals surface area contributed by atoms with E-state index < -0.39 is 10.0 Å². The van der Waals surface area contributed by atoms with E-state index in [-0.39, 0.29) is 11.8 Å². The Morgan fingerprint density at radius 3 is 2.45 bits per heavy atom. The van der Waals surface area contributed by atoms with Crippen molar-refractivity contribution in [2.75, 3.05) is 27.3 Å². The van der Waals surface area contributed by atoms with Crippen LogP contribution in [0.4, 0.5) is 0 Å². The van der Waals surface area contributed by atoms with Crippen molar-refractivity contribution in [2.24, 2.45) is 18.0 Å². The molecular weight excluding hydrogens is 458 g/mol. The van der Waals surface area contributed by atoms with Crippen molar-refractivity contribution in [3.05, 3.63) is 34.4 Å². The molecule has 1 aliphatic rings. The fourth-order valence-electron chi connectivity index (χ4n) is 3.63. The number of hydrogen-bond acceptors (Lipinski definition) is 7. The van der Waals surface area contributed by atoms with Gasteiger partial charge >= 0.3 is 0 Å². The quantitative estimate of drug-likeness (QED) is 0.559. The number of fused-ring (bicyclic) bond motifs is 1. The number of rotatable bonds is 5. The zero-order valence-electron chi connectivity index (χ0n) is 17.4. The normalized spacial score (nSPS) is 16.7. The van der Waals surface area contributed by atoms with Gasteiger partial charge in [-0.2, -0.15) is 9.30 Å². The van der Waals surface area contributed by atoms with Gasteiger partial charge in [-0.3, -0.25) is 4.79 Å². The van der Waals surface area contributed by atoms with Crippen LogP contribution in [-0.4, -0.2) is 50.5 Å². The number of aromatic nitrogens is 1. The van der Waals surface area contributed by atoms with Gasteiger partial charge in [0, 0.05) is 38.2 Å². The molecule has 0 saturated carbocycles.